The van der Waals surface area contributed by atoms with Gasteiger partial charge in [-0.25, -0.2) is 0 Å². The predicted molar refractivity (Wildman–Crippen MR) is 95.1 cm³/mol. The van der Waals surface area contributed by atoms with Crippen LogP contribution in [0, 0.1) is 0 Å². The van der Waals surface area contributed by atoms with Gasteiger partial charge in [0.05, 0.1) is 12.1 Å². The van der Waals surface area contributed by atoms with Crippen LogP contribution < -0.4 is 20.3 Å². The number of carbonyl (C=O) groups is 1. The quantitative estimate of drug-likeness (QED) is 0.571. The molecule has 2 aromatic rings. The molecule has 2 rings (SSSR count). The van der Waals surface area contributed by atoms with Crippen LogP contribution in [0.4, 0.5) is 5.69 Å². The first-order valence-corrected chi connectivity index (χ1v) is 8.25. The molecule has 0 aliphatic rings. The van der Waals surface area contributed by atoms with Gasteiger partial charge < -0.3 is 19.8 Å². The molecule has 0 spiro atoms. The summed E-state index contributed by atoms with van der Waals surface area (Å²) >= 11 is 0. The lowest BCUT2D eigenvalue weighted by Crippen LogP contribution is -2.16. The highest BCUT2D eigenvalue weighted by Gasteiger charge is 2.17. The van der Waals surface area contributed by atoms with Crippen molar-refractivity contribution in [1.29, 1.82) is 0 Å². The van der Waals surface area contributed by atoms with Gasteiger partial charge in [0, 0.05) is 25.0 Å². The third kappa shape index (κ3) is 4.28. The summed E-state index contributed by atoms with van der Waals surface area (Å²) in [5.41, 5.74) is 1.02. The standard InChI is InChI=1S/C18H24N2O4/c1-4-5-6-7-10-23-16-14-9-8-13(19-3)11-15(14)20-18(22)17(16)24-12(2)21/h8-9,11,19H,4-7,10H2,1-3H3,(H,20,22). The van der Waals surface area contributed by atoms with Crippen LogP contribution in [-0.4, -0.2) is 24.6 Å². The van der Waals surface area contributed by atoms with Crippen LogP contribution in [0.5, 0.6) is 11.5 Å². The molecule has 0 aliphatic carbocycles. The number of aromatic nitrogens is 1. The molecule has 6 nitrogen and oxygen atoms in total. The first-order valence-electron chi connectivity index (χ1n) is 8.25. The average molecular weight is 332 g/mol. The molecule has 2 N–H and O–H groups in total. The Morgan fingerprint density at radius 2 is 2.00 bits per heavy atom. The minimum Gasteiger partial charge on any atom is -0.489 e. The molecule has 6 heteroatoms. The van der Waals surface area contributed by atoms with Crippen LogP contribution in [0.25, 0.3) is 10.9 Å². The van der Waals surface area contributed by atoms with Crippen LogP contribution in [0.1, 0.15) is 39.5 Å². The minimum absolute atomic E-state index is 0.0808. The van der Waals surface area contributed by atoms with Crippen LogP contribution >= 0.6 is 0 Å². The van der Waals surface area contributed by atoms with E-state index < -0.39 is 11.5 Å². The fourth-order valence-corrected chi connectivity index (χ4v) is 2.49. The topological polar surface area (TPSA) is 80.4 Å². The number of hydrogen-bond donors (Lipinski definition) is 2. The molecule has 1 aromatic heterocycles. The molecule has 0 saturated heterocycles. The Labute approximate surface area is 141 Å². The van der Waals surface area contributed by atoms with Crippen molar-refractivity contribution in [3.63, 3.8) is 0 Å². The maximum Gasteiger partial charge on any atom is 0.308 e. The lowest BCUT2D eigenvalue weighted by Gasteiger charge is -2.14. The zero-order chi connectivity index (χ0) is 17.5. The van der Waals surface area contributed by atoms with Crippen LogP contribution in [-0.2, 0) is 4.79 Å². The van der Waals surface area contributed by atoms with Gasteiger partial charge in [0.15, 0.2) is 5.75 Å². The highest BCUT2D eigenvalue weighted by atomic mass is 16.6. The number of benzene rings is 1. The molecule has 0 amide bonds. The molecule has 0 atom stereocenters. The SMILES string of the molecule is CCCCCCOc1c(OC(C)=O)c(=O)[nH]c2cc(NC)ccc12. The number of ether oxygens (including phenoxy) is 2. The van der Waals surface area contributed by atoms with Gasteiger partial charge >= 0.3 is 5.97 Å². The van der Waals surface area contributed by atoms with E-state index in [2.05, 4.69) is 17.2 Å². The maximum atomic E-state index is 12.3. The van der Waals surface area contributed by atoms with Crippen molar-refractivity contribution in [3.8, 4) is 11.5 Å². The molecule has 0 bridgehead atoms. The summed E-state index contributed by atoms with van der Waals surface area (Å²) in [5.74, 6) is -0.312. The molecule has 0 radical (unpaired) electrons. The Morgan fingerprint density at radius 3 is 2.67 bits per heavy atom. The monoisotopic (exact) mass is 332 g/mol. The van der Waals surface area contributed by atoms with Crippen molar-refractivity contribution in [2.24, 2.45) is 0 Å². The van der Waals surface area contributed by atoms with E-state index in [0.717, 1.165) is 31.4 Å². The molecule has 0 fully saturated rings. The van der Waals surface area contributed by atoms with Crippen molar-refractivity contribution in [1.82, 2.24) is 4.98 Å². The van der Waals surface area contributed by atoms with Gasteiger partial charge in [-0.15, -0.1) is 0 Å². The van der Waals surface area contributed by atoms with E-state index in [-0.39, 0.29) is 5.75 Å². The Kier molecular flexibility index (Phi) is 6.23. The molecule has 1 heterocycles. The fraction of sp³-hybridized carbons (Fsp3) is 0.444. The third-order valence-electron chi connectivity index (χ3n) is 3.70. The van der Waals surface area contributed by atoms with Crippen molar-refractivity contribution in [2.45, 2.75) is 39.5 Å². The summed E-state index contributed by atoms with van der Waals surface area (Å²) in [5, 5.41) is 3.73. The number of pyridine rings is 1. The molecule has 0 unspecified atom stereocenters. The minimum atomic E-state index is -0.553. The third-order valence-corrected chi connectivity index (χ3v) is 3.70. The van der Waals surface area contributed by atoms with Crippen molar-refractivity contribution in [3.05, 3.63) is 28.6 Å². The second-order valence-electron chi connectivity index (χ2n) is 5.63. The van der Waals surface area contributed by atoms with Gasteiger partial charge in [-0.3, -0.25) is 9.59 Å². The highest BCUT2D eigenvalue weighted by molar-refractivity contribution is 5.90. The average Bonchev–Trinajstić information content (AvgIpc) is 2.56. The molecule has 1 aromatic carbocycles. The number of H-pyrrole nitrogens is 1. The van der Waals surface area contributed by atoms with E-state index in [1.54, 1.807) is 7.05 Å². The van der Waals surface area contributed by atoms with Gasteiger partial charge in [0.25, 0.3) is 5.56 Å². The number of hydrogen-bond acceptors (Lipinski definition) is 5. The number of fused-ring (bicyclic) bond motifs is 1. The van der Waals surface area contributed by atoms with E-state index in [1.807, 2.05) is 18.2 Å². The molecule has 24 heavy (non-hydrogen) atoms. The van der Waals surface area contributed by atoms with E-state index >= 15 is 0 Å². The number of aromatic amines is 1. The Bertz CT molecular complexity index is 767. The summed E-state index contributed by atoms with van der Waals surface area (Å²) in [6, 6.07) is 5.53. The summed E-state index contributed by atoms with van der Waals surface area (Å²) in [7, 11) is 1.80. The molecule has 0 aliphatic heterocycles. The predicted octanol–water partition coefficient (Wildman–Crippen LogP) is 3.45. The summed E-state index contributed by atoms with van der Waals surface area (Å²) in [6.45, 7) is 3.88. The number of esters is 1. The Hall–Kier alpha value is -2.50. The van der Waals surface area contributed by atoms with Gasteiger partial charge in [-0.05, 0) is 24.6 Å². The zero-order valence-corrected chi connectivity index (χ0v) is 14.4. The summed E-state index contributed by atoms with van der Waals surface area (Å²) < 4.78 is 10.9. The Morgan fingerprint density at radius 1 is 1.21 bits per heavy atom. The van der Waals surface area contributed by atoms with Gasteiger partial charge in [0.2, 0.25) is 5.75 Å². The molecule has 0 saturated carbocycles. The Balaban J connectivity index is 2.41. The number of rotatable bonds is 8. The summed E-state index contributed by atoms with van der Waals surface area (Å²) in [4.78, 5) is 26.4. The number of carbonyl (C=O) groups excluding carboxylic acids is 1. The highest BCUT2D eigenvalue weighted by Crippen LogP contribution is 2.33. The van der Waals surface area contributed by atoms with Crippen LogP contribution in [0.2, 0.25) is 0 Å². The van der Waals surface area contributed by atoms with Crippen molar-refractivity contribution in [2.75, 3.05) is 19.0 Å². The van der Waals surface area contributed by atoms with Crippen LogP contribution in [0.3, 0.4) is 0 Å². The van der Waals surface area contributed by atoms with Crippen LogP contribution in [0.15, 0.2) is 23.0 Å². The lowest BCUT2D eigenvalue weighted by atomic mass is 10.1. The normalized spacial score (nSPS) is 10.6. The van der Waals surface area contributed by atoms with Crippen molar-refractivity contribution < 1.29 is 14.3 Å². The van der Waals surface area contributed by atoms with E-state index in [9.17, 15) is 9.59 Å². The van der Waals surface area contributed by atoms with E-state index in [0.29, 0.717) is 23.3 Å². The van der Waals surface area contributed by atoms with E-state index in [4.69, 9.17) is 9.47 Å². The van der Waals surface area contributed by atoms with Gasteiger partial charge in [0.1, 0.15) is 0 Å². The molecular formula is C18H24N2O4. The lowest BCUT2D eigenvalue weighted by molar-refractivity contribution is -0.132. The zero-order valence-electron chi connectivity index (χ0n) is 14.4. The first kappa shape index (κ1) is 17.8. The maximum absolute atomic E-state index is 12.3. The first-order chi connectivity index (χ1) is 11.6. The van der Waals surface area contributed by atoms with E-state index in [1.165, 1.54) is 6.92 Å². The second kappa shape index (κ2) is 8.38. The number of unbranched alkanes of at least 4 members (excludes halogenated alkanes) is 3. The fourth-order valence-electron chi connectivity index (χ4n) is 2.49. The molecular weight excluding hydrogens is 308 g/mol. The summed E-state index contributed by atoms with van der Waals surface area (Å²) in [6.07, 6.45) is 4.22. The van der Waals surface area contributed by atoms with Gasteiger partial charge in [-0.1, -0.05) is 26.2 Å². The van der Waals surface area contributed by atoms with Crippen molar-refractivity contribution >= 4 is 22.6 Å². The number of anilines is 1. The molecule has 130 valence electrons. The number of nitrogens with one attached hydrogen (secondary N) is 2. The smallest absolute Gasteiger partial charge is 0.308 e. The van der Waals surface area contributed by atoms with Gasteiger partial charge in [-0.2, -0.15) is 0 Å². The second-order valence-corrected chi connectivity index (χ2v) is 5.63. The largest absolute Gasteiger partial charge is 0.489 e.